The minimum absolute atomic E-state index is 0.149. The first kappa shape index (κ1) is 18.0. The molecule has 4 rings (SSSR count). The third-order valence-corrected chi connectivity index (χ3v) is 5.72. The van der Waals surface area contributed by atoms with Crippen LogP contribution in [0.4, 0.5) is 0 Å². The zero-order valence-corrected chi connectivity index (χ0v) is 16.2. The summed E-state index contributed by atoms with van der Waals surface area (Å²) >= 11 is 0. The van der Waals surface area contributed by atoms with E-state index in [4.69, 9.17) is 4.52 Å². The van der Waals surface area contributed by atoms with E-state index in [0.29, 0.717) is 17.9 Å². The molecule has 2 aromatic heterocycles. The van der Waals surface area contributed by atoms with Gasteiger partial charge in [0.15, 0.2) is 5.82 Å². The molecule has 6 heteroatoms. The zero-order valence-electron chi connectivity index (χ0n) is 16.2. The fourth-order valence-corrected chi connectivity index (χ4v) is 4.11. The third-order valence-electron chi connectivity index (χ3n) is 5.72. The molecular formula is C21H28N4O2. The van der Waals surface area contributed by atoms with Crippen molar-refractivity contribution in [3.05, 3.63) is 40.8 Å². The second kappa shape index (κ2) is 7.71. The maximum Gasteiger partial charge on any atom is 0.246 e. The van der Waals surface area contributed by atoms with Crippen molar-refractivity contribution in [3.8, 4) is 0 Å². The van der Waals surface area contributed by atoms with Gasteiger partial charge < -0.3 is 14.4 Å². The summed E-state index contributed by atoms with van der Waals surface area (Å²) in [6, 6.07) is 2.78. The molecule has 2 saturated carbocycles. The Kier molecular flexibility index (Phi) is 5.14. The summed E-state index contributed by atoms with van der Waals surface area (Å²) in [4.78, 5) is 16.5. The van der Waals surface area contributed by atoms with Crippen molar-refractivity contribution in [1.29, 1.82) is 0 Å². The molecule has 2 aromatic rings. The Bertz CT molecular complexity index is 838. The normalized spacial score (nSPS) is 18.3. The van der Waals surface area contributed by atoms with Crippen molar-refractivity contribution in [2.45, 2.75) is 77.3 Å². The van der Waals surface area contributed by atoms with E-state index in [1.165, 1.54) is 43.5 Å². The quantitative estimate of drug-likeness (QED) is 0.776. The van der Waals surface area contributed by atoms with Gasteiger partial charge in [-0.2, -0.15) is 4.98 Å². The monoisotopic (exact) mass is 368 g/mol. The molecule has 0 radical (unpaired) electrons. The van der Waals surface area contributed by atoms with E-state index < -0.39 is 0 Å². The standard InChI is InChI=1S/C21H28N4O2/c1-14-12-17(15(2)25(14)18-6-4-3-5-7-18)10-11-19(26)22-13-20-23-21(24-27-20)16-8-9-16/h10-12,16,18H,3-9,13H2,1-2H3,(H,22,26)/b11-10+. The third kappa shape index (κ3) is 4.15. The van der Waals surface area contributed by atoms with Gasteiger partial charge in [0.2, 0.25) is 11.8 Å². The maximum atomic E-state index is 12.2. The number of aromatic nitrogens is 3. The van der Waals surface area contributed by atoms with Gasteiger partial charge in [-0.15, -0.1) is 0 Å². The van der Waals surface area contributed by atoms with Crippen LogP contribution in [0.25, 0.3) is 6.08 Å². The Morgan fingerprint density at radius 2 is 2.04 bits per heavy atom. The molecule has 0 spiro atoms. The minimum Gasteiger partial charge on any atom is -0.346 e. The van der Waals surface area contributed by atoms with Gasteiger partial charge in [-0.3, -0.25) is 4.79 Å². The number of carbonyl (C=O) groups excluding carboxylic acids is 1. The molecule has 1 N–H and O–H groups in total. The lowest BCUT2D eigenvalue weighted by molar-refractivity contribution is -0.116. The van der Waals surface area contributed by atoms with Gasteiger partial charge in [-0.25, -0.2) is 0 Å². The number of amides is 1. The molecule has 0 saturated heterocycles. The van der Waals surface area contributed by atoms with E-state index in [2.05, 4.69) is 39.9 Å². The van der Waals surface area contributed by atoms with Gasteiger partial charge in [0.1, 0.15) is 0 Å². The van der Waals surface area contributed by atoms with Gasteiger partial charge >= 0.3 is 0 Å². The molecule has 1 amide bonds. The van der Waals surface area contributed by atoms with Crippen LogP contribution in [-0.2, 0) is 11.3 Å². The van der Waals surface area contributed by atoms with Gasteiger partial charge in [-0.05, 0) is 57.2 Å². The number of hydrogen-bond donors (Lipinski definition) is 1. The predicted octanol–water partition coefficient (Wildman–Crippen LogP) is 4.20. The Balaban J connectivity index is 1.36. The molecule has 27 heavy (non-hydrogen) atoms. The first-order valence-corrected chi connectivity index (χ1v) is 10.1. The van der Waals surface area contributed by atoms with Crippen molar-refractivity contribution < 1.29 is 9.32 Å². The van der Waals surface area contributed by atoms with E-state index in [1.807, 2.05) is 6.08 Å². The van der Waals surface area contributed by atoms with Crippen LogP contribution >= 0.6 is 0 Å². The molecule has 2 heterocycles. The van der Waals surface area contributed by atoms with E-state index in [1.54, 1.807) is 6.08 Å². The van der Waals surface area contributed by atoms with Crippen LogP contribution < -0.4 is 5.32 Å². The lowest BCUT2D eigenvalue weighted by atomic mass is 9.95. The van der Waals surface area contributed by atoms with E-state index in [-0.39, 0.29) is 12.5 Å². The Morgan fingerprint density at radius 3 is 2.78 bits per heavy atom. The number of nitrogens with zero attached hydrogens (tertiary/aromatic N) is 3. The fourth-order valence-electron chi connectivity index (χ4n) is 4.11. The average molecular weight is 368 g/mol. The highest BCUT2D eigenvalue weighted by Gasteiger charge is 2.28. The van der Waals surface area contributed by atoms with Crippen molar-refractivity contribution in [2.24, 2.45) is 0 Å². The summed E-state index contributed by atoms with van der Waals surface area (Å²) in [5.41, 5.74) is 3.63. The van der Waals surface area contributed by atoms with Crippen molar-refractivity contribution in [2.75, 3.05) is 0 Å². The van der Waals surface area contributed by atoms with Crippen LogP contribution in [-0.4, -0.2) is 20.6 Å². The Hall–Kier alpha value is -2.37. The summed E-state index contributed by atoms with van der Waals surface area (Å²) in [5.74, 6) is 1.54. The molecule has 144 valence electrons. The SMILES string of the molecule is Cc1cc(/C=C/C(=O)NCc2nc(C3CC3)no2)c(C)n1C1CCCCC1. The van der Waals surface area contributed by atoms with Crippen LogP contribution in [0.3, 0.4) is 0 Å². The smallest absolute Gasteiger partial charge is 0.246 e. The second-order valence-corrected chi connectivity index (χ2v) is 7.86. The highest BCUT2D eigenvalue weighted by atomic mass is 16.5. The number of rotatable bonds is 6. The Labute approximate surface area is 160 Å². The lowest BCUT2D eigenvalue weighted by Crippen LogP contribution is -2.20. The van der Waals surface area contributed by atoms with Gasteiger partial charge in [0.25, 0.3) is 0 Å². The highest BCUT2D eigenvalue weighted by molar-refractivity contribution is 5.91. The molecule has 2 aliphatic carbocycles. The van der Waals surface area contributed by atoms with Crippen molar-refractivity contribution in [3.63, 3.8) is 0 Å². The molecule has 6 nitrogen and oxygen atoms in total. The first-order valence-electron chi connectivity index (χ1n) is 10.1. The summed E-state index contributed by atoms with van der Waals surface area (Å²) in [6.07, 6.45) is 12.2. The van der Waals surface area contributed by atoms with Crippen LogP contribution in [0, 0.1) is 13.8 Å². The average Bonchev–Trinajstić information content (AvgIpc) is 3.35. The lowest BCUT2D eigenvalue weighted by Gasteiger charge is -2.26. The first-order chi connectivity index (χ1) is 13.1. The molecule has 0 atom stereocenters. The van der Waals surface area contributed by atoms with Gasteiger partial charge in [-0.1, -0.05) is 24.4 Å². The van der Waals surface area contributed by atoms with Crippen molar-refractivity contribution in [1.82, 2.24) is 20.0 Å². The van der Waals surface area contributed by atoms with Crippen molar-refractivity contribution >= 4 is 12.0 Å². The zero-order chi connectivity index (χ0) is 18.8. The number of carbonyl (C=O) groups is 1. The molecular weight excluding hydrogens is 340 g/mol. The summed E-state index contributed by atoms with van der Waals surface area (Å²) in [6.45, 7) is 4.58. The number of aryl methyl sites for hydroxylation is 1. The molecule has 0 aromatic carbocycles. The predicted molar refractivity (Wildman–Crippen MR) is 103 cm³/mol. The maximum absolute atomic E-state index is 12.2. The molecule has 0 aliphatic heterocycles. The summed E-state index contributed by atoms with van der Waals surface area (Å²) in [5, 5.41) is 6.78. The molecule has 0 bridgehead atoms. The van der Waals surface area contributed by atoms with Crippen LogP contribution in [0.1, 0.15) is 85.6 Å². The van der Waals surface area contributed by atoms with Crippen LogP contribution in [0.5, 0.6) is 0 Å². The highest BCUT2D eigenvalue weighted by Crippen LogP contribution is 2.38. The summed E-state index contributed by atoms with van der Waals surface area (Å²) < 4.78 is 7.63. The van der Waals surface area contributed by atoms with E-state index in [0.717, 1.165) is 24.2 Å². The summed E-state index contributed by atoms with van der Waals surface area (Å²) in [7, 11) is 0. The topological polar surface area (TPSA) is 73.0 Å². The van der Waals surface area contributed by atoms with Gasteiger partial charge in [0, 0.05) is 29.4 Å². The number of hydrogen-bond acceptors (Lipinski definition) is 4. The second-order valence-electron chi connectivity index (χ2n) is 7.86. The van der Waals surface area contributed by atoms with Crippen LogP contribution in [0.2, 0.25) is 0 Å². The molecule has 2 aliphatic rings. The molecule has 0 unspecified atom stereocenters. The Morgan fingerprint density at radius 1 is 1.26 bits per heavy atom. The largest absolute Gasteiger partial charge is 0.346 e. The van der Waals surface area contributed by atoms with Crippen LogP contribution in [0.15, 0.2) is 16.7 Å². The minimum atomic E-state index is -0.149. The van der Waals surface area contributed by atoms with E-state index in [9.17, 15) is 4.79 Å². The molecule has 2 fully saturated rings. The number of nitrogens with one attached hydrogen (secondary N) is 1. The van der Waals surface area contributed by atoms with E-state index >= 15 is 0 Å². The van der Waals surface area contributed by atoms with Gasteiger partial charge in [0.05, 0.1) is 6.54 Å². The fraction of sp³-hybridized carbons (Fsp3) is 0.571.